The van der Waals surface area contributed by atoms with Crippen LogP contribution in [0.3, 0.4) is 0 Å². The third-order valence-electron chi connectivity index (χ3n) is 5.59. The Morgan fingerprint density at radius 2 is 1.59 bits per heavy atom. The minimum Gasteiger partial charge on any atom is -0.480 e. The highest BCUT2D eigenvalue weighted by atomic mass is 19.1. The number of carbonyl (C=O) groups excluding carboxylic acids is 2. The zero-order valence-electron chi connectivity index (χ0n) is 17.8. The first-order valence-electron chi connectivity index (χ1n) is 10.4. The summed E-state index contributed by atoms with van der Waals surface area (Å²) in [6.45, 7) is -0.786. The predicted molar refractivity (Wildman–Crippen MR) is 121 cm³/mol. The second-order valence-electron chi connectivity index (χ2n) is 7.69. The van der Waals surface area contributed by atoms with Crippen molar-refractivity contribution in [3.05, 3.63) is 89.2 Å². The number of carboxylic acids is 1. The van der Waals surface area contributed by atoms with Gasteiger partial charge in [-0.1, -0.05) is 48.5 Å². The molecule has 34 heavy (non-hydrogen) atoms. The maximum atomic E-state index is 14.1. The quantitative estimate of drug-likeness (QED) is 0.425. The van der Waals surface area contributed by atoms with Crippen LogP contribution in [0.25, 0.3) is 11.1 Å². The molecule has 3 aromatic carbocycles. The van der Waals surface area contributed by atoms with E-state index in [4.69, 9.17) is 14.9 Å². The monoisotopic (exact) mass is 464 g/mol. The molecule has 3 aromatic rings. The molecule has 4 rings (SSSR count). The van der Waals surface area contributed by atoms with Crippen LogP contribution >= 0.6 is 0 Å². The minimum absolute atomic E-state index is 0.0746. The lowest BCUT2D eigenvalue weighted by molar-refractivity contribution is -0.140. The molecular formula is C25H21FN2O6. The molecule has 0 spiro atoms. The van der Waals surface area contributed by atoms with Gasteiger partial charge in [-0.15, -0.1) is 0 Å². The second kappa shape index (κ2) is 9.72. The van der Waals surface area contributed by atoms with Crippen molar-refractivity contribution in [3.63, 3.8) is 0 Å². The molecule has 1 atom stereocenters. The number of amides is 2. The van der Waals surface area contributed by atoms with Crippen LogP contribution in [0.1, 0.15) is 27.4 Å². The average molecular weight is 464 g/mol. The summed E-state index contributed by atoms with van der Waals surface area (Å²) in [5.41, 5.74) is 3.87. The molecule has 0 aromatic heterocycles. The van der Waals surface area contributed by atoms with Crippen molar-refractivity contribution in [1.29, 1.82) is 0 Å². The van der Waals surface area contributed by atoms with Crippen LogP contribution in [0.5, 0.6) is 0 Å². The molecule has 174 valence electrons. The maximum Gasteiger partial charge on any atom is 0.411 e. The van der Waals surface area contributed by atoms with Crippen LogP contribution in [0.2, 0.25) is 0 Å². The molecule has 1 aliphatic carbocycles. The number of ether oxygens (including phenoxy) is 1. The first-order chi connectivity index (χ1) is 16.4. The van der Waals surface area contributed by atoms with Gasteiger partial charge in [0.2, 0.25) is 0 Å². The summed E-state index contributed by atoms with van der Waals surface area (Å²) in [7, 11) is 0. The number of nitrogens with one attached hydrogen (secondary N) is 2. The summed E-state index contributed by atoms with van der Waals surface area (Å²) in [4.78, 5) is 35.7. The summed E-state index contributed by atoms with van der Waals surface area (Å²) in [5.74, 6) is -3.57. The standard InChI is InChI=1S/C25H21FN2O6/c26-21-10-9-14(11-19(21)23(30)28-22(12-29)24(31)32)27-25(33)34-13-20-17-7-3-1-5-15(17)16-6-2-4-8-18(16)20/h1-11,20,22,29H,12-13H2,(H,27,33)(H,28,30)(H,31,32). The third-order valence-corrected chi connectivity index (χ3v) is 5.59. The smallest absolute Gasteiger partial charge is 0.411 e. The van der Waals surface area contributed by atoms with E-state index in [1.807, 2.05) is 53.8 Å². The van der Waals surface area contributed by atoms with Gasteiger partial charge in [0.05, 0.1) is 12.2 Å². The largest absolute Gasteiger partial charge is 0.480 e. The van der Waals surface area contributed by atoms with Gasteiger partial charge in [-0.3, -0.25) is 10.1 Å². The van der Waals surface area contributed by atoms with Gasteiger partial charge in [-0.2, -0.15) is 0 Å². The van der Waals surface area contributed by atoms with Crippen molar-refractivity contribution in [1.82, 2.24) is 5.32 Å². The Kier molecular flexibility index (Phi) is 6.55. The molecule has 1 aliphatic rings. The average Bonchev–Trinajstić information content (AvgIpc) is 3.15. The Labute approximate surface area is 194 Å². The van der Waals surface area contributed by atoms with Crippen molar-refractivity contribution >= 4 is 23.7 Å². The SMILES string of the molecule is O=C(Nc1ccc(F)c(C(=O)NC(CO)C(=O)O)c1)OCC1c2ccccc2-c2ccccc21. The highest BCUT2D eigenvalue weighted by Gasteiger charge is 2.29. The molecule has 0 aliphatic heterocycles. The highest BCUT2D eigenvalue weighted by Crippen LogP contribution is 2.44. The lowest BCUT2D eigenvalue weighted by atomic mass is 9.98. The van der Waals surface area contributed by atoms with Gasteiger partial charge in [0.15, 0.2) is 6.04 Å². The summed E-state index contributed by atoms with van der Waals surface area (Å²) in [6.07, 6.45) is -0.793. The molecule has 9 heteroatoms. The zero-order chi connectivity index (χ0) is 24.2. The number of hydrogen-bond donors (Lipinski definition) is 4. The fourth-order valence-corrected chi connectivity index (χ4v) is 3.95. The molecule has 0 fully saturated rings. The van der Waals surface area contributed by atoms with Crippen LogP contribution in [-0.2, 0) is 9.53 Å². The summed E-state index contributed by atoms with van der Waals surface area (Å²) < 4.78 is 19.6. The number of rotatable bonds is 7. The number of aliphatic hydroxyl groups is 1. The minimum atomic E-state index is -1.59. The van der Waals surface area contributed by atoms with Gasteiger partial charge in [-0.05, 0) is 40.5 Å². The van der Waals surface area contributed by atoms with Crippen LogP contribution in [-0.4, -0.2) is 47.4 Å². The van der Waals surface area contributed by atoms with Gasteiger partial charge < -0.3 is 20.3 Å². The number of fused-ring (bicyclic) bond motifs is 3. The second-order valence-corrected chi connectivity index (χ2v) is 7.69. The zero-order valence-corrected chi connectivity index (χ0v) is 17.8. The van der Waals surface area contributed by atoms with Crippen molar-refractivity contribution in [2.24, 2.45) is 0 Å². The summed E-state index contributed by atoms with van der Waals surface area (Å²) in [6, 6.07) is 17.4. The van der Waals surface area contributed by atoms with E-state index in [0.29, 0.717) is 0 Å². The van der Waals surface area contributed by atoms with Crippen LogP contribution in [0.15, 0.2) is 66.7 Å². The van der Waals surface area contributed by atoms with Crippen LogP contribution in [0.4, 0.5) is 14.9 Å². The first-order valence-corrected chi connectivity index (χ1v) is 10.4. The fraction of sp³-hybridized carbons (Fsp3) is 0.160. The van der Waals surface area contributed by atoms with E-state index < -0.39 is 42.0 Å². The van der Waals surface area contributed by atoms with Crippen molar-refractivity contribution < 1.29 is 33.7 Å². The molecule has 2 amide bonds. The number of aliphatic hydroxyl groups excluding tert-OH is 1. The van der Waals surface area contributed by atoms with Crippen molar-refractivity contribution in [2.75, 3.05) is 18.5 Å². The van der Waals surface area contributed by atoms with Crippen LogP contribution < -0.4 is 10.6 Å². The predicted octanol–water partition coefficient (Wildman–Crippen LogP) is 3.36. The van der Waals surface area contributed by atoms with E-state index in [2.05, 4.69) is 5.32 Å². The van der Waals surface area contributed by atoms with Gasteiger partial charge in [0.25, 0.3) is 5.91 Å². The van der Waals surface area contributed by atoms with E-state index in [9.17, 15) is 18.8 Å². The molecule has 0 saturated heterocycles. The molecule has 8 nitrogen and oxygen atoms in total. The Morgan fingerprint density at radius 3 is 2.18 bits per heavy atom. The molecule has 0 bridgehead atoms. The topological polar surface area (TPSA) is 125 Å². The Morgan fingerprint density at radius 1 is 0.971 bits per heavy atom. The first kappa shape index (κ1) is 22.9. The number of halogens is 1. The number of carbonyl (C=O) groups is 3. The maximum absolute atomic E-state index is 14.1. The molecule has 0 heterocycles. The summed E-state index contributed by atoms with van der Waals surface area (Å²) >= 11 is 0. The normalized spacial score (nSPS) is 12.9. The molecule has 1 unspecified atom stereocenters. The Bertz CT molecular complexity index is 1220. The summed E-state index contributed by atoms with van der Waals surface area (Å²) in [5, 5.41) is 22.5. The van der Waals surface area contributed by atoms with Gasteiger partial charge in [0.1, 0.15) is 12.4 Å². The van der Waals surface area contributed by atoms with E-state index in [1.54, 1.807) is 0 Å². The Balaban J connectivity index is 1.44. The molecule has 0 saturated carbocycles. The lowest BCUT2D eigenvalue weighted by Crippen LogP contribution is -2.43. The van der Waals surface area contributed by atoms with Gasteiger partial charge in [-0.25, -0.2) is 14.0 Å². The van der Waals surface area contributed by atoms with E-state index in [1.165, 1.54) is 6.07 Å². The third kappa shape index (κ3) is 4.60. The fourth-order valence-electron chi connectivity index (χ4n) is 3.95. The number of carboxylic acid groups (broad SMARTS) is 1. The highest BCUT2D eigenvalue weighted by molar-refractivity contribution is 5.98. The number of benzene rings is 3. The number of anilines is 1. The molecule has 4 N–H and O–H groups in total. The lowest BCUT2D eigenvalue weighted by Gasteiger charge is -2.15. The van der Waals surface area contributed by atoms with E-state index >= 15 is 0 Å². The number of hydrogen-bond acceptors (Lipinski definition) is 5. The number of aliphatic carboxylic acids is 1. The van der Waals surface area contributed by atoms with Crippen molar-refractivity contribution in [3.8, 4) is 11.1 Å². The molecular weight excluding hydrogens is 443 g/mol. The van der Waals surface area contributed by atoms with E-state index in [-0.39, 0.29) is 18.2 Å². The van der Waals surface area contributed by atoms with Crippen molar-refractivity contribution in [2.45, 2.75) is 12.0 Å². The molecule has 0 radical (unpaired) electrons. The Hall–Kier alpha value is -4.24. The van der Waals surface area contributed by atoms with Gasteiger partial charge >= 0.3 is 12.1 Å². The van der Waals surface area contributed by atoms with Gasteiger partial charge in [0, 0.05) is 11.6 Å². The van der Waals surface area contributed by atoms with E-state index in [0.717, 1.165) is 34.4 Å². The van der Waals surface area contributed by atoms with Crippen LogP contribution in [0, 0.1) is 5.82 Å².